The van der Waals surface area contributed by atoms with Crippen LogP contribution in [-0.2, 0) is 0 Å². The Labute approximate surface area is 203 Å². The van der Waals surface area contributed by atoms with E-state index in [1.807, 2.05) is 13.8 Å². The fraction of sp³-hybridized carbons (Fsp3) is 0.172. The summed E-state index contributed by atoms with van der Waals surface area (Å²) < 4.78 is 0. The summed E-state index contributed by atoms with van der Waals surface area (Å²) in [5.74, 6) is -1.77. The van der Waals surface area contributed by atoms with E-state index in [0.717, 1.165) is 18.4 Å². The van der Waals surface area contributed by atoms with Gasteiger partial charge in [-0.1, -0.05) is 67.2 Å². The van der Waals surface area contributed by atoms with Gasteiger partial charge >= 0.3 is 0 Å². The number of hydrogen-bond donors (Lipinski definition) is 1. The van der Waals surface area contributed by atoms with Crippen molar-refractivity contribution in [3.63, 3.8) is 0 Å². The van der Waals surface area contributed by atoms with Gasteiger partial charge in [0.15, 0.2) is 17.3 Å². The van der Waals surface area contributed by atoms with Crippen molar-refractivity contribution in [3.8, 4) is 0 Å². The summed E-state index contributed by atoms with van der Waals surface area (Å²) in [4.78, 5) is 50.2. The number of aryl methyl sites for hydroxylation is 1. The molecule has 0 fully saturated rings. The topological polar surface area (TPSA) is 103 Å². The lowest BCUT2D eigenvalue weighted by atomic mass is 10.1. The highest BCUT2D eigenvalue weighted by molar-refractivity contribution is 6.39. The van der Waals surface area contributed by atoms with Crippen molar-refractivity contribution in [1.82, 2.24) is 5.32 Å². The van der Waals surface area contributed by atoms with Crippen molar-refractivity contribution in [2.75, 3.05) is 6.54 Å². The van der Waals surface area contributed by atoms with Crippen molar-refractivity contribution >= 4 is 29.0 Å². The first-order chi connectivity index (χ1) is 16.8. The number of carbonyl (C=O) groups excluding carboxylic acids is 4. The van der Waals surface area contributed by atoms with Gasteiger partial charge in [0.25, 0.3) is 5.91 Å². The fourth-order valence-electron chi connectivity index (χ4n) is 4.05. The summed E-state index contributed by atoms with van der Waals surface area (Å²) in [6.07, 6.45) is 9.22. The maximum Gasteiger partial charge on any atom is 0.251 e. The van der Waals surface area contributed by atoms with E-state index < -0.39 is 11.6 Å². The number of carbonyl (C=O) groups is 4. The van der Waals surface area contributed by atoms with Crippen LogP contribution in [0, 0.1) is 6.92 Å². The predicted molar refractivity (Wildman–Crippen MR) is 131 cm³/mol. The van der Waals surface area contributed by atoms with Gasteiger partial charge < -0.3 is 10.4 Å². The minimum atomic E-state index is -0.441. The van der Waals surface area contributed by atoms with Gasteiger partial charge in [0.2, 0.25) is 0 Å². The predicted octanol–water partition coefficient (Wildman–Crippen LogP) is 3.91. The molecule has 2 aromatic rings. The van der Waals surface area contributed by atoms with Gasteiger partial charge in [0.05, 0.1) is 5.57 Å². The van der Waals surface area contributed by atoms with E-state index in [0.29, 0.717) is 23.2 Å². The molecule has 0 spiro atoms. The number of allylic oxidation sites excluding steroid dienone is 7. The average Bonchev–Trinajstić information content (AvgIpc) is 3.23. The normalized spacial score (nSPS) is 16.2. The third-order valence-electron chi connectivity index (χ3n) is 5.98. The van der Waals surface area contributed by atoms with E-state index in [2.05, 4.69) is 5.32 Å². The fourth-order valence-corrected chi connectivity index (χ4v) is 4.05. The highest BCUT2D eigenvalue weighted by atomic mass is 16.3. The van der Waals surface area contributed by atoms with Gasteiger partial charge in [-0.15, -0.1) is 0 Å². The summed E-state index contributed by atoms with van der Waals surface area (Å²) in [7, 11) is 0. The number of nitrogens with one attached hydrogen (secondary N) is 1. The van der Waals surface area contributed by atoms with Crippen molar-refractivity contribution in [2.45, 2.75) is 26.7 Å². The number of Topliss-reactive ketones (excluding diaryl/α,β-unsaturated/α-hetero) is 3. The molecular weight excluding hydrogens is 442 g/mol. The molecular formula is C29H24NO5-. The SMILES string of the molecule is CCCCNC(=O)c1ccc2c(c1)C(=O)C(=CC=CC=CC1=C([O-])c3cc(C)ccc3C1=O)C2=O. The number of ketones is 3. The molecule has 2 aliphatic rings. The molecule has 6 nitrogen and oxygen atoms in total. The second kappa shape index (κ2) is 9.89. The zero-order valence-corrected chi connectivity index (χ0v) is 19.5. The van der Waals surface area contributed by atoms with Crippen LogP contribution in [0.5, 0.6) is 0 Å². The summed E-state index contributed by atoms with van der Waals surface area (Å²) in [5.41, 5.74) is 2.58. The van der Waals surface area contributed by atoms with Crippen molar-refractivity contribution in [1.29, 1.82) is 0 Å². The average molecular weight is 467 g/mol. The Morgan fingerprint density at radius 3 is 2.37 bits per heavy atom. The summed E-state index contributed by atoms with van der Waals surface area (Å²) in [6.45, 7) is 4.43. The Kier molecular flexibility index (Phi) is 6.73. The standard InChI is InChI=1S/C29H25NO5/c1-3-4-14-30-29(35)18-11-13-20-24(16-18)28(34)22(26(20)32)9-7-5-6-8-21-25(31)19-12-10-17(2)15-23(19)27(21)33/h5-13,15-16,33H,3-4,14H2,1-2H3,(H,30,35)/p-1. The minimum absolute atomic E-state index is 0.00302. The van der Waals surface area contributed by atoms with E-state index in [9.17, 15) is 24.3 Å². The Morgan fingerprint density at radius 2 is 1.60 bits per heavy atom. The molecule has 0 atom stereocenters. The zero-order chi connectivity index (χ0) is 25.1. The van der Waals surface area contributed by atoms with Crippen LogP contribution in [0.3, 0.4) is 0 Å². The molecule has 0 aliphatic heterocycles. The van der Waals surface area contributed by atoms with Crippen LogP contribution in [0.4, 0.5) is 0 Å². The molecule has 176 valence electrons. The molecule has 0 unspecified atom stereocenters. The molecule has 1 amide bonds. The number of hydrogen-bond acceptors (Lipinski definition) is 5. The first-order valence-electron chi connectivity index (χ1n) is 11.5. The molecule has 4 rings (SSSR count). The van der Waals surface area contributed by atoms with Crippen molar-refractivity contribution in [2.24, 2.45) is 0 Å². The molecule has 0 bridgehead atoms. The van der Waals surface area contributed by atoms with Crippen LogP contribution in [0.1, 0.15) is 72.3 Å². The van der Waals surface area contributed by atoms with Gasteiger partial charge in [-0.3, -0.25) is 19.2 Å². The largest absolute Gasteiger partial charge is 0.872 e. The molecule has 0 saturated carbocycles. The Bertz CT molecular complexity index is 1390. The van der Waals surface area contributed by atoms with E-state index >= 15 is 0 Å². The molecule has 0 radical (unpaired) electrons. The quantitative estimate of drug-likeness (QED) is 0.288. The highest BCUT2D eigenvalue weighted by Crippen LogP contribution is 2.31. The third-order valence-corrected chi connectivity index (χ3v) is 5.98. The minimum Gasteiger partial charge on any atom is -0.872 e. The van der Waals surface area contributed by atoms with Crippen molar-refractivity contribution < 1.29 is 24.3 Å². The van der Waals surface area contributed by atoms with E-state index in [1.54, 1.807) is 30.3 Å². The van der Waals surface area contributed by atoms with Gasteiger partial charge in [-0.25, -0.2) is 0 Å². The molecule has 1 N–H and O–H groups in total. The third kappa shape index (κ3) is 4.55. The lowest BCUT2D eigenvalue weighted by molar-refractivity contribution is -0.244. The van der Waals surface area contributed by atoms with Crippen molar-refractivity contribution in [3.05, 3.63) is 111 Å². The lowest BCUT2D eigenvalue weighted by Crippen LogP contribution is -2.24. The number of amides is 1. The summed E-state index contributed by atoms with van der Waals surface area (Å²) in [6, 6.07) is 9.64. The van der Waals surface area contributed by atoms with Crippen LogP contribution in [0.25, 0.3) is 5.76 Å². The monoisotopic (exact) mass is 466 g/mol. The molecule has 0 heterocycles. The summed E-state index contributed by atoms with van der Waals surface area (Å²) >= 11 is 0. The van der Waals surface area contributed by atoms with E-state index in [-0.39, 0.29) is 39.7 Å². The molecule has 2 aromatic carbocycles. The van der Waals surface area contributed by atoms with E-state index in [1.165, 1.54) is 36.4 Å². The molecule has 35 heavy (non-hydrogen) atoms. The Morgan fingerprint density at radius 1 is 0.886 bits per heavy atom. The highest BCUT2D eigenvalue weighted by Gasteiger charge is 2.33. The summed E-state index contributed by atoms with van der Waals surface area (Å²) in [5, 5.41) is 15.3. The van der Waals surface area contributed by atoms with Crippen LogP contribution in [0.2, 0.25) is 0 Å². The Hall–Kier alpha value is -4.32. The van der Waals surface area contributed by atoms with Crippen LogP contribution < -0.4 is 10.4 Å². The second-order valence-electron chi connectivity index (χ2n) is 8.47. The van der Waals surface area contributed by atoms with Crippen LogP contribution >= 0.6 is 0 Å². The molecule has 6 heteroatoms. The van der Waals surface area contributed by atoms with Gasteiger partial charge in [-0.2, -0.15) is 0 Å². The van der Waals surface area contributed by atoms with Gasteiger partial charge in [0.1, 0.15) is 0 Å². The van der Waals surface area contributed by atoms with Gasteiger partial charge in [0, 0.05) is 34.4 Å². The van der Waals surface area contributed by atoms with Crippen LogP contribution in [-0.4, -0.2) is 29.8 Å². The van der Waals surface area contributed by atoms with E-state index in [4.69, 9.17) is 0 Å². The lowest BCUT2D eigenvalue weighted by Gasteiger charge is -2.09. The molecule has 2 aliphatic carbocycles. The maximum atomic E-state index is 12.8. The Balaban J connectivity index is 1.47. The number of unbranched alkanes of at least 4 members (excludes halogenated alkanes) is 1. The smallest absolute Gasteiger partial charge is 0.251 e. The maximum absolute atomic E-state index is 12.8. The van der Waals surface area contributed by atoms with Gasteiger partial charge in [-0.05, 0) is 43.2 Å². The van der Waals surface area contributed by atoms with Crippen LogP contribution in [0.15, 0.2) is 77.9 Å². The number of benzene rings is 2. The number of fused-ring (bicyclic) bond motifs is 2. The first-order valence-corrected chi connectivity index (χ1v) is 11.5. The second-order valence-corrected chi connectivity index (χ2v) is 8.47. The first kappa shape index (κ1) is 23.8. The molecule has 0 saturated heterocycles. The zero-order valence-electron chi connectivity index (χ0n) is 19.5. The number of rotatable bonds is 7. The molecule has 0 aromatic heterocycles.